The highest BCUT2D eigenvalue weighted by atomic mass is 35.5. The van der Waals surface area contributed by atoms with Crippen molar-refractivity contribution in [2.75, 3.05) is 26.7 Å². The van der Waals surface area contributed by atoms with Gasteiger partial charge in [-0.05, 0) is 38.4 Å². The number of amides is 1. The molecule has 1 aromatic carbocycles. The molecule has 1 fully saturated rings. The molecule has 1 aliphatic heterocycles. The number of halogens is 2. The molecule has 21 heavy (non-hydrogen) atoms. The summed E-state index contributed by atoms with van der Waals surface area (Å²) in [5, 5.41) is 2.99. The maximum atomic E-state index is 12.3. The van der Waals surface area contributed by atoms with Gasteiger partial charge in [-0.3, -0.25) is 4.79 Å². The van der Waals surface area contributed by atoms with Crippen LogP contribution in [0.1, 0.15) is 18.9 Å². The summed E-state index contributed by atoms with van der Waals surface area (Å²) in [6.45, 7) is 4.63. The third-order valence-corrected chi connectivity index (χ3v) is 3.89. The molecule has 0 saturated carbocycles. The molecule has 6 heteroatoms. The average molecular weight is 334 g/mol. The lowest BCUT2D eigenvalue weighted by Gasteiger charge is -2.25. The van der Waals surface area contributed by atoms with Gasteiger partial charge in [-0.25, -0.2) is 0 Å². The van der Waals surface area contributed by atoms with E-state index in [2.05, 4.69) is 17.3 Å². The molecule has 3 N–H and O–H groups in total. The number of hydrogen-bond donors (Lipinski definition) is 2. The number of nitrogens with two attached hydrogens (primary N) is 1. The Bertz CT molecular complexity index is 440. The monoisotopic (exact) mass is 333 g/mol. The van der Waals surface area contributed by atoms with Gasteiger partial charge in [0.25, 0.3) is 0 Å². The fourth-order valence-electron chi connectivity index (χ4n) is 2.53. The van der Waals surface area contributed by atoms with Crippen LogP contribution in [0, 0.1) is 5.92 Å². The Balaban J connectivity index is 0.00000200. The first-order valence-electron chi connectivity index (χ1n) is 6.81. The third kappa shape index (κ3) is 5.15. The molecule has 1 amide bonds. The fraction of sp³-hybridized carbons (Fsp3) is 0.533. The van der Waals surface area contributed by atoms with Crippen molar-refractivity contribution >= 4 is 30.7 Å². The molecule has 0 radical (unpaired) electrons. The normalized spacial score (nSPS) is 20.8. The Morgan fingerprint density at radius 2 is 2.00 bits per heavy atom. The first-order chi connectivity index (χ1) is 9.00. The lowest BCUT2D eigenvalue weighted by molar-refractivity contribution is -0.126. The second kappa shape index (κ2) is 8.59. The van der Waals surface area contributed by atoms with E-state index < -0.39 is 5.54 Å². The molecule has 2 rings (SSSR count). The summed E-state index contributed by atoms with van der Waals surface area (Å²) in [5.74, 6) is 0.439. The van der Waals surface area contributed by atoms with Gasteiger partial charge in [0.1, 0.15) is 5.54 Å². The van der Waals surface area contributed by atoms with Gasteiger partial charge >= 0.3 is 0 Å². The van der Waals surface area contributed by atoms with Crippen LogP contribution in [0.15, 0.2) is 30.3 Å². The molecule has 1 aliphatic rings. The summed E-state index contributed by atoms with van der Waals surface area (Å²) in [6, 6.07) is 9.51. The maximum Gasteiger partial charge on any atom is 0.244 e. The molecule has 0 aromatic heterocycles. The fourth-order valence-corrected chi connectivity index (χ4v) is 2.53. The Kier molecular flexibility index (Phi) is 8.26. The van der Waals surface area contributed by atoms with Gasteiger partial charge in [0.15, 0.2) is 0 Å². The quantitative estimate of drug-likeness (QED) is 0.882. The van der Waals surface area contributed by atoms with Crippen LogP contribution in [-0.4, -0.2) is 37.5 Å². The van der Waals surface area contributed by atoms with Crippen LogP contribution in [0.25, 0.3) is 0 Å². The number of carbonyl (C=O) groups is 1. The van der Waals surface area contributed by atoms with Crippen molar-refractivity contribution in [3.05, 3.63) is 35.9 Å². The number of benzene rings is 1. The van der Waals surface area contributed by atoms with Crippen LogP contribution in [0.4, 0.5) is 0 Å². The maximum absolute atomic E-state index is 12.3. The molecule has 1 heterocycles. The van der Waals surface area contributed by atoms with Crippen molar-refractivity contribution in [2.45, 2.75) is 18.9 Å². The minimum absolute atomic E-state index is 0. The van der Waals surface area contributed by atoms with E-state index in [1.165, 1.54) is 0 Å². The van der Waals surface area contributed by atoms with Crippen molar-refractivity contribution in [1.82, 2.24) is 10.2 Å². The smallest absolute Gasteiger partial charge is 0.244 e. The number of nitrogens with one attached hydrogen (secondary N) is 1. The SMILES string of the molecule is CN1CCC(CNC(=O)C(C)(N)c2ccccc2)C1.Cl.Cl. The zero-order valence-corrected chi connectivity index (χ0v) is 14.2. The van der Waals surface area contributed by atoms with Crippen molar-refractivity contribution in [1.29, 1.82) is 0 Å². The van der Waals surface area contributed by atoms with Crippen molar-refractivity contribution in [3.63, 3.8) is 0 Å². The van der Waals surface area contributed by atoms with Gasteiger partial charge in [0.05, 0.1) is 0 Å². The highest BCUT2D eigenvalue weighted by Crippen LogP contribution is 2.18. The predicted molar refractivity (Wildman–Crippen MR) is 91.1 cm³/mol. The number of hydrogen-bond acceptors (Lipinski definition) is 3. The zero-order valence-electron chi connectivity index (χ0n) is 12.5. The van der Waals surface area contributed by atoms with Gasteiger partial charge in [0.2, 0.25) is 5.91 Å². The summed E-state index contributed by atoms with van der Waals surface area (Å²) in [5.41, 5.74) is 6.05. The zero-order chi connectivity index (χ0) is 13.9. The Hall–Kier alpha value is -0.810. The van der Waals surface area contributed by atoms with Crippen LogP contribution in [-0.2, 0) is 10.3 Å². The van der Waals surface area contributed by atoms with E-state index in [0.29, 0.717) is 12.5 Å². The minimum Gasteiger partial charge on any atom is -0.354 e. The summed E-state index contributed by atoms with van der Waals surface area (Å²) < 4.78 is 0. The molecule has 1 saturated heterocycles. The Morgan fingerprint density at radius 1 is 1.38 bits per heavy atom. The first-order valence-corrected chi connectivity index (χ1v) is 6.81. The van der Waals surface area contributed by atoms with Crippen LogP contribution < -0.4 is 11.1 Å². The highest BCUT2D eigenvalue weighted by Gasteiger charge is 2.31. The molecule has 2 atom stereocenters. The Labute approximate surface area is 139 Å². The average Bonchev–Trinajstić information content (AvgIpc) is 2.82. The van der Waals surface area contributed by atoms with Crippen molar-refractivity contribution in [2.24, 2.45) is 11.7 Å². The van der Waals surface area contributed by atoms with Crippen LogP contribution >= 0.6 is 24.8 Å². The van der Waals surface area contributed by atoms with Crippen LogP contribution in [0.5, 0.6) is 0 Å². The molecule has 2 unspecified atom stereocenters. The molecule has 1 aromatic rings. The van der Waals surface area contributed by atoms with Gasteiger partial charge in [-0.2, -0.15) is 0 Å². The van der Waals surface area contributed by atoms with Crippen molar-refractivity contribution in [3.8, 4) is 0 Å². The van der Waals surface area contributed by atoms with E-state index in [0.717, 1.165) is 25.1 Å². The molecule has 120 valence electrons. The van der Waals surface area contributed by atoms with Gasteiger partial charge in [-0.1, -0.05) is 30.3 Å². The molecule has 0 aliphatic carbocycles. The van der Waals surface area contributed by atoms with E-state index >= 15 is 0 Å². The first kappa shape index (κ1) is 20.2. The summed E-state index contributed by atoms with van der Waals surface area (Å²) in [6.07, 6.45) is 1.14. The summed E-state index contributed by atoms with van der Waals surface area (Å²) in [4.78, 5) is 14.5. The van der Waals surface area contributed by atoms with Crippen LogP contribution in [0.3, 0.4) is 0 Å². The molecular formula is C15H25Cl2N3O. The lowest BCUT2D eigenvalue weighted by Crippen LogP contribution is -2.50. The highest BCUT2D eigenvalue weighted by molar-refractivity contribution is 5.87. The topological polar surface area (TPSA) is 58.4 Å². The predicted octanol–water partition coefficient (Wildman–Crippen LogP) is 1.77. The van der Waals surface area contributed by atoms with Gasteiger partial charge in [0, 0.05) is 13.1 Å². The van der Waals surface area contributed by atoms with Gasteiger partial charge in [-0.15, -0.1) is 24.8 Å². The second-order valence-corrected chi connectivity index (χ2v) is 5.70. The Morgan fingerprint density at radius 3 is 2.52 bits per heavy atom. The van der Waals surface area contributed by atoms with Gasteiger partial charge < -0.3 is 16.0 Å². The van der Waals surface area contributed by atoms with Crippen LogP contribution in [0.2, 0.25) is 0 Å². The van der Waals surface area contributed by atoms with E-state index in [9.17, 15) is 4.79 Å². The summed E-state index contributed by atoms with van der Waals surface area (Å²) >= 11 is 0. The van der Waals surface area contributed by atoms with E-state index in [1.807, 2.05) is 30.3 Å². The molecule has 4 nitrogen and oxygen atoms in total. The van der Waals surface area contributed by atoms with E-state index in [4.69, 9.17) is 5.73 Å². The van der Waals surface area contributed by atoms with E-state index in [1.54, 1.807) is 6.92 Å². The molecule has 0 spiro atoms. The largest absolute Gasteiger partial charge is 0.354 e. The molecular weight excluding hydrogens is 309 g/mol. The van der Waals surface area contributed by atoms with E-state index in [-0.39, 0.29) is 30.7 Å². The standard InChI is InChI=1S/C15H23N3O.2ClH/c1-15(16,13-6-4-3-5-7-13)14(19)17-10-12-8-9-18(2)11-12;;/h3-7,12H,8-11,16H2,1-2H3,(H,17,19);2*1H. The lowest BCUT2D eigenvalue weighted by atomic mass is 9.92. The van der Waals surface area contributed by atoms with Crippen molar-refractivity contribution < 1.29 is 4.79 Å². The number of carbonyl (C=O) groups excluding carboxylic acids is 1. The number of nitrogens with zero attached hydrogens (tertiary/aromatic N) is 1. The third-order valence-electron chi connectivity index (χ3n) is 3.89. The minimum atomic E-state index is -0.967. The second-order valence-electron chi connectivity index (χ2n) is 5.70. The summed E-state index contributed by atoms with van der Waals surface area (Å²) in [7, 11) is 2.11. The molecule has 0 bridgehead atoms. The number of likely N-dealkylation sites (tertiary alicyclic amines) is 1. The number of rotatable bonds is 4.